The van der Waals surface area contributed by atoms with Crippen LogP contribution in [0, 0.1) is 6.92 Å². The zero-order valence-electron chi connectivity index (χ0n) is 5.26. The van der Waals surface area contributed by atoms with Gasteiger partial charge in [0.25, 0.3) is 0 Å². The van der Waals surface area contributed by atoms with Gasteiger partial charge >= 0.3 is 51.4 Å². The second-order valence-electron chi connectivity index (χ2n) is 1.95. The summed E-state index contributed by atoms with van der Waals surface area (Å²) < 4.78 is 3.82. The van der Waals surface area contributed by atoms with Gasteiger partial charge in [-0.25, -0.2) is 4.36 Å². The van der Waals surface area contributed by atoms with E-state index in [0.717, 1.165) is 5.69 Å². The van der Waals surface area contributed by atoms with Crippen LogP contribution >= 0.6 is 0 Å². The zero-order valence-corrected chi connectivity index (χ0v) is 6.26. The molecule has 1 aromatic carbocycles. The second kappa shape index (κ2) is 5.63. The summed E-state index contributed by atoms with van der Waals surface area (Å²) >= 11 is 3.05. The molecule has 0 aliphatic rings. The van der Waals surface area contributed by atoms with Crippen LogP contribution in [0.5, 0.6) is 0 Å². The molecule has 0 N–H and O–H groups in total. The third kappa shape index (κ3) is 3.41. The van der Waals surface area contributed by atoms with Crippen LogP contribution < -0.4 is 0 Å². The van der Waals surface area contributed by atoms with Gasteiger partial charge < -0.3 is 0 Å². The molecule has 0 saturated heterocycles. The Morgan fingerprint density at radius 2 is 1.70 bits per heavy atom. The average molecular weight is 179 g/mol. The molecule has 0 aromatic heterocycles. The van der Waals surface area contributed by atoms with Gasteiger partial charge in [-0.15, -0.1) is 12.4 Å². The molecule has 0 fully saturated rings. The van der Waals surface area contributed by atoms with E-state index in [1.165, 1.54) is 5.56 Å². The maximum atomic E-state index is 3.82. The van der Waals surface area contributed by atoms with Crippen molar-refractivity contribution >= 4 is 69.5 Å². The van der Waals surface area contributed by atoms with Crippen molar-refractivity contribution in [3.63, 3.8) is 0 Å². The molecule has 1 aromatic rings. The Bertz CT molecular complexity index is 207. The summed E-state index contributed by atoms with van der Waals surface area (Å²) in [6, 6.07) is 7.97. The quantitative estimate of drug-likeness (QED) is 0.574. The first-order valence-electron chi connectivity index (χ1n) is 2.77. The van der Waals surface area contributed by atoms with Gasteiger partial charge in [0.05, 0.1) is 5.69 Å². The third-order valence-electron chi connectivity index (χ3n) is 1.16. The molecule has 0 unspecified atom stereocenters. The summed E-state index contributed by atoms with van der Waals surface area (Å²) in [5.74, 6) is 0. The van der Waals surface area contributed by atoms with E-state index in [4.69, 9.17) is 0 Å². The van der Waals surface area contributed by atoms with E-state index in [1.54, 1.807) is 0 Å². The number of hydrogen-bond acceptors (Lipinski definition) is 1. The Labute approximate surface area is 109 Å². The van der Waals surface area contributed by atoms with Gasteiger partial charge in [-0.1, -0.05) is 17.7 Å². The van der Waals surface area contributed by atoms with Gasteiger partial charge in [0, 0.05) is 0 Å². The van der Waals surface area contributed by atoms with Gasteiger partial charge in [0.2, 0.25) is 0 Å². The van der Waals surface area contributed by atoms with E-state index in [2.05, 4.69) is 23.7 Å². The molecule has 0 aliphatic heterocycles. The Morgan fingerprint density at radius 1 is 1.20 bits per heavy atom. The summed E-state index contributed by atoms with van der Waals surface area (Å²) in [6.07, 6.45) is 0. The van der Waals surface area contributed by atoms with E-state index < -0.39 is 0 Å². The fraction of sp³-hybridized carbons (Fsp3) is 0.143. The van der Waals surface area contributed by atoms with Crippen LogP contribution in [-0.2, 0) is 12.4 Å². The van der Waals surface area contributed by atoms with Crippen molar-refractivity contribution in [3.8, 4) is 0 Å². The van der Waals surface area contributed by atoms with Gasteiger partial charge in [-0.3, -0.25) is 0 Å². The van der Waals surface area contributed by atoms with E-state index in [-0.39, 0.29) is 51.4 Å². The summed E-state index contributed by atoms with van der Waals surface area (Å²) in [5, 5.41) is 0. The van der Waals surface area contributed by atoms with Crippen molar-refractivity contribution < 1.29 is 0 Å². The summed E-state index contributed by atoms with van der Waals surface area (Å²) in [7, 11) is 0. The van der Waals surface area contributed by atoms with Crippen LogP contribution in [0.3, 0.4) is 0 Å². The minimum atomic E-state index is 0. The summed E-state index contributed by atoms with van der Waals surface area (Å²) in [5.41, 5.74) is 2.21. The molecule has 3 heteroatoms. The van der Waals surface area contributed by atoms with Gasteiger partial charge in [-0.2, -0.15) is 0 Å². The van der Waals surface area contributed by atoms with Crippen molar-refractivity contribution in [3.05, 3.63) is 29.8 Å². The SMILES string of the molecule is Cc1ccc(N=[SH2])cc1.[KH]. The molecule has 1 nitrogen and oxygen atoms in total. The first kappa shape index (κ1) is 11.0. The van der Waals surface area contributed by atoms with E-state index >= 15 is 0 Å². The predicted octanol–water partition coefficient (Wildman–Crippen LogP) is 1.17. The average Bonchev–Trinajstić information content (AvgIpc) is 1.90. The third-order valence-corrected chi connectivity index (χ3v) is 1.42. The molecule has 1 rings (SSSR count). The number of aryl methyl sites for hydroxylation is 1. The Balaban J connectivity index is 0.000000810. The molecule has 0 heterocycles. The van der Waals surface area contributed by atoms with Crippen LogP contribution in [0.4, 0.5) is 5.69 Å². The topological polar surface area (TPSA) is 12.4 Å². The van der Waals surface area contributed by atoms with Crippen LogP contribution in [0.2, 0.25) is 0 Å². The van der Waals surface area contributed by atoms with Crippen molar-refractivity contribution in [2.45, 2.75) is 6.92 Å². The molecule has 0 bridgehead atoms. The number of nitrogens with zero attached hydrogens (tertiary/aromatic N) is 1. The molecule has 0 amide bonds. The molecule has 0 spiro atoms. The fourth-order valence-corrected chi connectivity index (χ4v) is 0.768. The Morgan fingerprint density at radius 3 is 2.10 bits per heavy atom. The van der Waals surface area contributed by atoms with Crippen molar-refractivity contribution in [2.24, 2.45) is 4.36 Å². The van der Waals surface area contributed by atoms with Crippen molar-refractivity contribution in [1.29, 1.82) is 0 Å². The summed E-state index contributed by atoms with van der Waals surface area (Å²) in [4.78, 5) is 0. The molecule has 0 aliphatic carbocycles. The number of rotatable bonds is 1. The van der Waals surface area contributed by atoms with E-state index in [9.17, 15) is 0 Å². The first-order valence-corrected chi connectivity index (χ1v) is 3.22. The fourth-order valence-electron chi connectivity index (χ4n) is 0.619. The van der Waals surface area contributed by atoms with E-state index in [1.807, 2.05) is 24.3 Å². The molecule has 0 atom stereocenters. The minimum absolute atomic E-state index is 0. The summed E-state index contributed by atoms with van der Waals surface area (Å²) in [6.45, 7) is 2.05. The second-order valence-corrected chi connectivity index (χ2v) is 2.17. The monoisotopic (exact) mass is 179 g/mol. The first-order chi connectivity index (χ1) is 4.33. The van der Waals surface area contributed by atoms with Gasteiger partial charge in [0.1, 0.15) is 0 Å². The Hall–Kier alpha value is 1.01. The number of hydrogen-bond donors (Lipinski definition) is 0. The van der Waals surface area contributed by atoms with Crippen LogP contribution in [0.15, 0.2) is 28.6 Å². The number of benzene rings is 1. The Kier molecular flexibility index (Phi) is 6.20. The van der Waals surface area contributed by atoms with Crippen molar-refractivity contribution in [2.75, 3.05) is 0 Å². The molecule has 0 radical (unpaired) electrons. The van der Waals surface area contributed by atoms with E-state index in [0.29, 0.717) is 0 Å². The standard InChI is InChI=1S/C7H9NS.K.H/c1-6-2-4-7(8-9)5-3-6;;/h2-5H,9H2,1H3;;. The van der Waals surface area contributed by atoms with Crippen LogP contribution in [0.25, 0.3) is 0 Å². The molecule has 10 heavy (non-hydrogen) atoms. The zero-order chi connectivity index (χ0) is 6.69. The molecule has 0 saturated carbocycles. The van der Waals surface area contributed by atoms with Gasteiger partial charge in [-0.05, 0) is 19.1 Å². The maximum absolute atomic E-state index is 3.82. The van der Waals surface area contributed by atoms with Crippen LogP contribution in [-0.4, -0.2) is 51.4 Å². The van der Waals surface area contributed by atoms with Crippen LogP contribution in [0.1, 0.15) is 5.56 Å². The van der Waals surface area contributed by atoms with Gasteiger partial charge in [0.15, 0.2) is 0 Å². The molecular weight excluding hydrogens is 169 g/mol. The molecular formula is C7H10KNS. The molecule has 50 valence electrons. The predicted molar refractivity (Wildman–Crippen MR) is 50.6 cm³/mol. The van der Waals surface area contributed by atoms with Crippen molar-refractivity contribution in [1.82, 2.24) is 0 Å². The normalized spacial score (nSPS) is 8.20.